The number of phenolic OH excluding ortho intramolecular Hbond substituents is 1. The first-order chi connectivity index (χ1) is 20.2. The van der Waals surface area contributed by atoms with E-state index in [4.69, 9.17) is 10.7 Å². The summed E-state index contributed by atoms with van der Waals surface area (Å²) in [6.45, 7) is 5.41. The van der Waals surface area contributed by atoms with Gasteiger partial charge in [-0.25, -0.2) is 13.8 Å². The first-order valence-corrected chi connectivity index (χ1v) is 14.0. The van der Waals surface area contributed by atoms with E-state index >= 15 is 0 Å². The van der Waals surface area contributed by atoms with Crippen molar-refractivity contribution in [2.45, 2.75) is 38.8 Å². The van der Waals surface area contributed by atoms with Crippen LogP contribution in [-0.4, -0.2) is 33.8 Å². The number of nitriles is 1. The fourth-order valence-electron chi connectivity index (χ4n) is 5.93. The third kappa shape index (κ3) is 4.86. The van der Waals surface area contributed by atoms with Gasteiger partial charge in [0.2, 0.25) is 0 Å². The molecule has 212 valence electrons. The second-order valence-corrected chi connectivity index (χ2v) is 11.1. The molecule has 0 saturated carbocycles. The predicted octanol–water partition coefficient (Wildman–Crippen LogP) is 7.07. The number of hydrogen-bond acceptors (Lipinski definition) is 5. The van der Waals surface area contributed by atoms with Crippen LogP contribution in [0.25, 0.3) is 33.3 Å². The number of aromatic nitrogens is 2. The number of para-hydroxylation sites is 1. The minimum Gasteiger partial charge on any atom is -0.506 e. The Hall–Kier alpha value is -4.74. The molecular formula is C34H31F2N5O. The lowest BCUT2D eigenvalue weighted by Gasteiger charge is -2.34. The number of anilines is 1. The molecule has 1 atom stereocenters. The number of halogens is 2. The number of piperidine rings is 1. The van der Waals surface area contributed by atoms with Crippen molar-refractivity contribution >= 4 is 16.7 Å². The van der Waals surface area contributed by atoms with Gasteiger partial charge < -0.3 is 20.3 Å². The summed E-state index contributed by atoms with van der Waals surface area (Å²) in [5.74, 6) is -1.49. The molecule has 6 rings (SSSR count). The maximum Gasteiger partial charge on any atom is 0.143 e. The summed E-state index contributed by atoms with van der Waals surface area (Å²) < 4.78 is 31.1. The highest BCUT2D eigenvalue weighted by atomic mass is 19.1. The van der Waals surface area contributed by atoms with Crippen molar-refractivity contribution in [3.63, 3.8) is 0 Å². The Balaban J connectivity index is 1.70. The molecule has 1 saturated heterocycles. The monoisotopic (exact) mass is 563 g/mol. The summed E-state index contributed by atoms with van der Waals surface area (Å²) >= 11 is 0. The van der Waals surface area contributed by atoms with Crippen molar-refractivity contribution < 1.29 is 13.9 Å². The van der Waals surface area contributed by atoms with E-state index < -0.39 is 11.6 Å². The first kappa shape index (κ1) is 27.4. The minimum absolute atomic E-state index is 0.0654. The largest absolute Gasteiger partial charge is 0.506 e. The summed E-state index contributed by atoms with van der Waals surface area (Å²) in [4.78, 5) is 7.09. The van der Waals surface area contributed by atoms with E-state index in [0.717, 1.165) is 41.1 Å². The minimum atomic E-state index is -0.679. The quantitative estimate of drug-likeness (QED) is 0.239. The van der Waals surface area contributed by atoms with E-state index in [-0.39, 0.29) is 23.4 Å². The molecule has 0 radical (unpaired) electrons. The average Bonchev–Trinajstić information content (AvgIpc) is 3.36. The van der Waals surface area contributed by atoms with Crippen LogP contribution in [0.1, 0.15) is 42.5 Å². The highest BCUT2D eigenvalue weighted by molar-refractivity contribution is 6.09. The van der Waals surface area contributed by atoms with E-state index in [1.165, 1.54) is 12.1 Å². The molecule has 1 unspecified atom stereocenters. The molecule has 2 aromatic heterocycles. The Morgan fingerprint density at radius 3 is 2.36 bits per heavy atom. The Morgan fingerprint density at radius 2 is 1.69 bits per heavy atom. The standard InChI is InChI=1S/C34H31F2N5O/c1-20-6-8-22(9-7-20)21(2)41-19-30(28-5-3-4-23(17-37)33(28)42)31-32(40-12-10-27(38)11-13-40)29(18-39-34(31)41)24-14-25(35)16-26(36)15-24/h3-9,14-16,18-19,21,27,42H,10-13,38H2,1-2H3. The fraction of sp³-hybridized carbons (Fsp3) is 0.235. The SMILES string of the molecule is Cc1ccc(C(C)n2cc(-c3cccc(C#N)c3O)c3c(N4CCC(N)CC4)c(-c4cc(F)cc(F)c4)cnc32)cc1. The lowest BCUT2D eigenvalue weighted by atomic mass is 9.95. The molecule has 42 heavy (non-hydrogen) atoms. The van der Waals surface area contributed by atoms with Gasteiger partial charge in [0, 0.05) is 54.3 Å². The smallest absolute Gasteiger partial charge is 0.143 e. The van der Waals surface area contributed by atoms with Crippen LogP contribution in [0.15, 0.2) is 73.1 Å². The van der Waals surface area contributed by atoms with Gasteiger partial charge in [-0.2, -0.15) is 5.26 Å². The molecule has 1 aliphatic heterocycles. The van der Waals surface area contributed by atoms with Gasteiger partial charge in [0.1, 0.15) is 29.1 Å². The van der Waals surface area contributed by atoms with E-state index in [2.05, 4.69) is 46.7 Å². The first-order valence-electron chi connectivity index (χ1n) is 14.0. The van der Waals surface area contributed by atoms with Crippen LogP contribution in [0.2, 0.25) is 0 Å². The third-order valence-electron chi connectivity index (χ3n) is 8.27. The number of phenols is 1. The van der Waals surface area contributed by atoms with Crippen molar-refractivity contribution in [2.24, 2.45) is 5.73 Å². The van der Waals surface area contributed by atoms with Crippen molar-refractivity contribution in [1.29, 1.82) is 5.26 Å². The molecular weight excluding hydrogens is 532 g/mol. The van der Waals surface area contributed by atoms with Gasteiger partial charge in [-0.05, 0) is 56.0 Å². The molecule has 3 aromatic carbocycles. The van der Waals surface area contributed by atoms with Crippen molar-refractivity contribution in [1.82, 2.24) is 9.55 Å². The lowest BCUT2D eigenvalue weighted by Crippen LogP contribution is -2.40. The highest BCUT2D eigenvalue weighted by Crippen LogP contribution is 2.46. The Bertz CT molecular complexity index is 1810. The number of benzene rings is 3. The number of aromatic hydroxyl groups is 1. The topological polar surface area (TPSA) is 91.1 Å². The number of pyridine rings is 1. The fourth-order valence-corrected chi connectivity index (χ4v) is 5.93. The maximum atomic E-state index is 14.5. The predicted molar refractivity (Wildman–Crippen MR) is 161 cm³/mol. The van der Waals surface area contributed by atoms with Crippen molar-refractivity contribution in [2.75, 3.05) is 18.0 Å². The average molecular weight is 564 g/mol. The second kappa shape index (κ2) is 10.9. The zero-order chi connectivity index (χ0) is 29.5. The maximum absolute atomic E-state index is 14.5. The van der Waals surface area contributed by atoms with Gasteiger partial charge in [-0.15, -0.1) is 0 Å². The summed E-state index contributed by atoms with van der Waals surface area (Å²) in [6.07, 6.45) is 5.14. The van der Waals surface area contributed by atoms with Gasteiger partial charge in [-0.3, -0.25) is 0 Å². The van der Waals surface area contributed by atoms with Crippen molar-refractivity contribution in [3.8, 4) is 34.1 Å². The zero-order valence-electron chi connectivity index (χ0n) is 23.5. The van der Waals surface area contributed by atoms with E-state index in [0.29, 0.717) is 41.0 Å². The number of hydrogen-bond donors (Lipinski definition) is 2. The van der Waals surface area contributed by atoms with Crippen LogP contribution >= 0.6 is 0 Å². The number of rotatable bonds is 5. The lowest BCUT2D eigenvalue weighted by molar-refractivity contribution is 0.475. The van der Waals surface area contributed by atoms with Crippen LogP contribution < -0.4 is 10.6 Å². The molecule has 1 aliphatic rings. The van der Waals surface area contributed by atoms with Gasteiger partial charge in [0.15, 0.2) is 0 Å². The number of nitrogens with two attached hydrogens (primary N) is 1. The van der Waals surface area contributed by atoms with Crippen LogP contribution in [0, 0.1) is 29.9 Å². The Labute approximate surface area is 243 Å². The van der Waals surface area contributed by atoms with E-state index in [1.54, 1.807) is 24.4 Å². The summed E-state index contributed by atoms with van der Waals surface area (Å²) in [7, 11) is 0. The summed E-state index contributed by atoms with van der Waals surface area (Å²) in [6, 6.07) is 18.8. The Kier molecular flexibility index (Phi) is 7.13. The molecule has 0 amide bonds. The van der Waals surface area contributed by atoms with E-state index in [9.17, 15) is 19.1 Å². The third-order valence-corrected chi connectivity index (χ3v) is 8.27. The van der Waals surface area contributed by atoms with Crippen LogP contribution in [0.4, 0.5) is 14.5 Å². The van der Waals surface area contributed by atoms with Crippen LogP contribution in [0.5, 0.6) is 5.75 Å². The second-order valence-electron chi connectivity index (χ2n) is 11.1. The molecule has 3 heterocycles. The zero-order valence-corrected chi connectivity index (χ0v) is 23.5. The number of fused-ring (bicyclic) bond motifs is 1. The molecule has 6 nitrogen and oxygen atoms in total. The molecule has 3 N–H and O–H groups in total. The molecule has 0 spiro atoms. The molecule has 1 fully saturated rings. The van der Waals surface area contributed by atoms with Gasteiger partial charge in [-0.1, -0.05) is 42.0 Å². The highest BCUT2D eigenvalue weighted by Gasteiger charge is 2.28. The molecule has 0 bridgehead atoms. The molecule has 5 aromatic rings. The molecule has 8 heteroatoms. The number of nitrogens with zero attached hydrogens (tertiary/aromatic N) is 4. The van der Waals surface area contributed by atoms with Crippen LogP contribution in [0.3, 0.4) is 0 Å². The van der Waals surface area contributed by atoms with Gasteiger partial charge in [0.05, 0.1) is 22.7 Å². The van der Waals surface area contributed by atoms with Crippen LogP contribution in [-0.2, 0) is 0 Å². The molecule has 0 aliphatic carbocycles. The summed E-state index contributed by atoms with van der Waals surface area (Å²) in [5.41, 5.74) is 12.2. The Morgan fingerprint density at radius 1 is 1.00 bits per heavy atom. The number of aryl methyl sites for hydroxylation is 1. The normalized spacial score (nSPS) is 14.7. The van der Waals surface area contributed by atoms with Gasteiger partial charge in [0.25, 0.3) is 0 Å². The van der Waals surface area contributed by atoms with E-state index in [1.807, 2.05) is 13.1 Å². The van der Waals surface area contributed by atoms with Gasteiger partial charge >= 0.3 is 0 Å². The summed E-state index contributed by atoms with van der Waals surface area (Å²) in [5, 5.41) is 21.6. The van der Waals surface area contributed by atoms with Crippen molar-refractivity contribution in [3.05, 3.63) is 101 Å².